The van der Waals surface area contributed by atoms with E-state index in [1.165, 1.54) is 7.05 Å². The zero-order chi connectivity index (χ0) is 17.8. The van der Waals surface area contributed by atoms with Gasteiger partial charge in [-0.2, -0.15) is 0 Å². The molecule has 25 heavy (non-hydrogen) atoms. The molecule has 8 heteroatoms. The van der Waals surface area contributed by atoms with Crippen LogP contribution in [0.2, 0.25) is 5.02 Å². The smallest absolute Gasteiger partial charge is 0.320 e. The second-order valence-electron chi connectivity index (χ2n) is 5.46. The molecule has 0 radical (unpaired) electrons. The summed E-state index contributed by atoms with van der Waals surface area (Å²) in [6.07, 6.45) is 0.647. The van der Waals surface area contributed by atoms with Crippen LogP contribution in [0.4, 0.5) is 10.6 Å². The first-order valence-electron chi connectivity index (χ1n) is 7.75. The number of nitrogens with zero attached hydrogens (tertiary/aromatic N) is 1. The minimum atomic E-state index is -0.408. The highest BCUT2D eigenvalue weighted by atomic mass is 35.5. The van der Waals surface area contributed by atoms with E-state index in [4.69, 9.17) is 16.3 Å². The lowest BCUT2D eigenvalue weighted by molar-refractivity contribution is 0.0958. The van der Waals surface area contributed by atoms with Crippen molar-refractivity contribution in [3.63, 3.8) is 0 Å². The maximum absolute atomic E-state index is 12.3. The summed E-state index contributed by atoms with van der Waals surface area (Å²) in [5, 5.41) is 8.61. The van der Waals surface area contributed by atoms with Crippen molar-refractivity contribution in [2.75, 3.05) is 19.0 Å². The van der Waals surface area contributed by atoms with E-state index in [-0.39, 0.29) is 17.6 Å². The molecule has 1 aliphatic heterocycles. The van der Waals surface area contributed by atoms with Crippen molar-refractivity contribution in [3.05, 3.63) is 52.7 Å². The Labute approximate surface area is 149 Å². The summed E-state index contributed by atoms with van der Waals surface area (Å²) >= 11 is 5.97. The first kappa shape index (κ1) is 17.0. The molecule has 1 atom stereocenters. The lowest BCUT2D eigenvalue weighted by Crippen LogP contribution is -2.35. The van der Waals surface area contributed by atoms with Gasteiger partial charge in [0.15, 0.2) is 0 Å². The number of hydrogen-bond acceptors (Lipinski definition) is 4. The van der Waals surface area contributed by atoms with Gasteiger partial charge in [0.05, 0.1) is 12.6 Å². The van der Waals surface area contributed by atoms with E-state index in [1.807, 2.05) is 6.07 Å². The molecule has 1 aromatic carbocycles. The van der Waals surface area contributed by atoms with Crippen molar-refractivity contribution in [1.29, 1.82) is 0 Å². The zero-order valence-electron chi connectivity index (χ0n) is 13.5. The molecular formula is C17H17ClN4O3. The van der Waals surface area contributed by atoms with Gasteiger partial charge < -0.3 is 15.4 Å². The van der Waals surface area contributed by atoms with Crippen LogP contribution in [0, 0.1) is 0 Å². The molecule has 0 saturated heterocycles. The molecule has 7 nitrogen and oxygen atoms in total. The van der Waals surface area contributed by atoms with E-state index < -0.39 is 6.03 Å². The zero-order valence-corrected chi connectivity index (χ0v) is 14.3. The quantitative estimate of drug-likeness (QED) is 0.784. The minimum Gasteiger partial charge on any atom is -0.493 e. The molecule has 0 spiro atoms. The van der Waals surface area contributed by atoms with Crippen LogP contribution in [0.3, 0.4) is 0 Å². The monoisotopic (exact) mass is 360 g/mol. The Morgan fingerprint density at radius 2 is 2.12 bits per heavy atom. The van der Waals surface area contributed by atoms with Gasteiger partial charge in [-0.1, -0.05) is 23.7 Å². The standard InChI is InChI=1S/C17H17ClN4O3/c1-19-16(23)13-3-2-4-15(20-13)22-17(24)21-12-7-8-25-14-9-10(18)5-6-11(12)14/h2-6,9,12H,7-8H2,1H3,(H,19,23)(H2,20,21,22,24)/t12-/m1/s1. The second kappa shape index (κ2) is 7.40. The van der Waals surface area contributed by atoms with Gasteiger partial charge in [0, 0.05) is 24.1 Å². The number of aromatic nitrogens is 1. The van der Waals surface area contributed by atoms with Crippen LogP contribution in [-0.2, 0) is 0 Å². The van der Waals surface area contributed by atoms with Crippen molar-refractivity contribution < 1.29 is 14.3 Å². The van der Waals surface area contributed by atoms with Crippen LogP contribution in [0.5, 0.6) is 5.75 Å². The van der Waals surface area contributed by atoms with E-state index in [0.29, 0.717) is 29.6 Å². The number of amides is 3. The molecule has 130 valence electrons. The van der Waals surface area contributed by atoms with Crippen LogP contribution in [0.1, 0.15) is 28.5 Å². The number of hydrogen-bond donors (Lipinski definition) is 3. The molecule has 3 rings (SSSR count). The molecule has 2 aromatic rings. The molecule has 0 aliphatic carbocycles. The van der Waals surface area contributed by atoms with E-state index >= 15 is 0 Å². The number of halogens is 1. The van der Waals surface area contributed by atoms with Gasteiger partial charge in [0.2, 0.25) is 0 Å². The van der Waals surface area contributed by atoms with Crippen LogP contribution in [-0.4, -0.2) is 30.6 Å². The summed E-state index contributed by atoms with van der Waals surface area (Å²) < 4.78 is 5.58. The third-order valence-electron chi connectivity index (χ3n) is 3.77. The second-order valence-corrected chi connectivity index (χ2v) is 5.89. The van der Waals surface area contributed by atoms with Crippen LogP contribution in [0.25, 0.3) is 0 Å². The van der Waals surface area contributed by atoms with Gasteiger partial charge in [-0.15, -0.1) is 0 Å². The molecule has 0 unspecified atom stereocenters. The first-order chi connectivity index (χ1) is 12.1. The maximum atomic E-state index is 12.3. The molecule has 2 heterocycles. The molecule has 1 aromatic heterocycles. The maximum Gasteiger partial charge on any atom is 0.320 e. The minimum absolute atomic E-state index is 0.192. The summed E-state index contributed by atoms with van der Waals surface area (Å²) in [6, 6.07) is 9.57. The summed E-state index contributed by atoms with van der Waals surface area (Å²) in [6.45, 7) is 0.489. The third-order valence-corrected chi connectivity index (χ3v) is 4.01. The van der Waals surface area contributed by atoms with E-state index in [0.717, 1.165) is 5.56 Å². The van der Waals surface area contributed by atoms with Gasteiger partial charge in [-0.05, 0) is 24.3 Å². The predicted molar refractivity (Wildman–Crippen MR) is 94.1 cm³/mol. The number of fused-ring (bicyclic) bond motifs is 1. The molecular weight excluding hydrogens is 344 g/mol. The highest BCUT2D eigenvalue weighted by Gasteiger charge is 2.23. The summed E-state index contributed by atoms with van der Waals surface area (Å²) in [4.78, 5) is 28.0. The van der Waals surface area contributed by atoms with Crippen molar-refractivity contribution in [1.82, 2.24) is 15.6 Å². The number of pyridine rings is 1. The molecule has 0 bridgehead atoms. The van der Waals surface area contributed by atoms with Gasteiger partial charge in [0.1, 0.15) is 17.3 Å². The number of carbonyl (C=O) groups excluding carboxylic acids is 2. The summed E-state index contributed by atoms with van der Waals surface area (Å²) in [5.74, 6) is 0.644. The topological polar surface area (TPSA) is 92.4 Å². The van der Waals surface area contributed by atoms with Gasteiger partial charge in [-0.25, -0.2) is 9.78 Å². The Hall–Kier alpha value is -2.80. The number of carbonyl (C=O) groups is 2. The number of rotatable bonds is 3. The molecule has 3 N–H and O–H groups in total. The summed E-state index contributed by atoms with van der Waals surface area (Å²) in [5.41, 5.74) is 1.10. The fraction of sp³-hybridized carbons (Fsp3) is 0.235. The average molecular weight is 361 g/mol. The molecule has 0 saturated carbocycles. The largest absolute Gasteiger partial charge is 0.493 e. The highest BCUT2D eigenvalue weighted by Crippen LogP contribution is 2.34. The Balaban J connectivity index is 1.69. The number of anilines is 1. The third kappa shape index (κ3) is 4.00. The number of benzene rings is 1. The van der Waals surface area contributed by atoms with Crippen LogP contribution in [0.15, 0.2) is 36.4 Å². The van der Waals surface area contributed by atoms with E-state index in [1.54, 1.807) is 30.3 Å². The Morgan fingerprint density at radius 1 is 1.28 bits per heavy atom. The first-order valence-corrected chi connectivity index (χ1v) is 8.13. The Morgan fingerprint density at radius 3 is 2.92 bits per heavy atom. The summed E-state index contributed by atoms with van der Waals surface area (Å²) in [7, 11) is 1.52. The predicted octanol–water partition coefficient (Wildman–Crippen LogP) is 2.74. The van der Waals surface area contributed by atoms with Gasteiger partial charge in [-0.3, -0.25) is 10.1 Å². The van der Waals surface area contributed by atoms with E-state index in [9.17, 15) is 9.59 Å². The van der Waals surface area contributed by atoms with Crippen molar-refractivity contribution >= 4 is 29.4 Å². The van der Waals surface area contributed by atoms with E-state index in [2.05, 4.69) is 20.9 Å². The van der Waals surface area contributed by atoms with Gasteiger partial charge >= 0.3 is 6.03 Å². The Kier molecular flexibility index (Phi) is 5.04. The molecule has 0 fully saturated rings. The van der Waals surface area contributed by atoms with Crippen LogP contribution < -0.4 is 20.7 Å². The number of urea groups is 1. The SMILES string of the molecule is CNC(=O)c1cccc(NC(=O)N[C@@H]2CCOc3cc(Cl)ccc32)n1. The molecule has 1 aliphatic rings. The van der Waals surface area contributed by atoms with Crippen molar-refractivity contribution in [3.8, 4) is 5.75 Å². The lowest BCUT2D eigenvalue weighted by atomic mass is 10.0. The normalized spacial score (nSPS) is 15.5. The fourth-order valence-corrected chi connectivity index (χ4v) is 2.74. The average Bonchev–Trinajstić information content (AvgIpc) is 2.61. The molecule has 3 amide bonds. The van der Waals surface area contributed by atoms with Crippen molar-refractivity contribution in [2.45, 2.75) is 12.5 Å². The van der Waals surface area contributed by atoms with Crippen LogP contribution >= 0.6 is 11.6 Å². The number of nitrogens with one attached hydrogen (secondary N) is 3. The highest BCUT2D eigenvalue weighted by molar-refractivity contribution is 6.30. The lowest BCUT2D eigenvalue weighted by Gasteiger charge is -2.26. The fourth-order valence-electron chi connectivity index (χ4n) is 2.58. The van der Waals surface area contributed by atoms with Crippen molar-refractivity contribution in [2.24, 2.45) is 0 Å². The van der Waals surface area contributed by atoms with Gasteiger partial charge in [0.25, 0.3) is 5.91 Å². The number of ether oxygens (including phenoxy) is 1. The Bertz CT molecular complexity index is 812.